The predicted molar refractivity (Wildman–Crippen MR) is 127 cm³/mol. The first-order valence-corrected chi connectivity index (χ1v) is 12.5. The highest BCUT2D eigenvalue weighted by molar-refractivity contribution is 7.99. The minimum Gasteiger partial charge on any atom is -0.467 e. The molecule has 3 atom stereocenters. The van der Waals surface area contributed by atoms with E-state index in [-0.39, 0.29) is 6.10 Å². The third-order valence-electron chi connectivity index (χ3n) is 6.46. The van der Waals surface area contributed by atoms with Gasteiger partial charge in [-0.1, -0.05) is 30.8 Å². The average molecular weight is 451 g/mol. The molecule has 0 spiro atoms. The van der Waals surface area contributed by atoms with Crippen molar-refractivity contribution in [2.75, 3.05) is 12.3 Å². The average Bonchev–Trinajstić information content (AvgIpc) is 3.34. The lowest BCUT2D eigenvalue weighted by Crippen LogP contribution is -2.31. The fraction of sp³-hybridized carbons (Fsp3) is 0.500. The summed E-state index contributed by atoms with van der Waals surface area (Å²) in [4.78, 5) is 8.85. The molecule has 0 amide bonds. The lowest BCUT2D eigenvalue weighted by atomic mass is 9.81. The van der Waals surface area contributed by atoms with Crippen LogP contribution in [0.4, 0.5) is 0 Å². The number of fused-ring (bicyclic) bond motifs is 3. The van der Waals surface area contributed by atoms with E-state index in [9.17, 15) is 0 Å². The molecule has 2 aromatic rings. The number of nitrogens with zero attached hydrogens (tertiary/aromatic N) is 5. The van der Waals surface area contributed by atoms with Crippen LogP contribution in [0.5, 0.6) is 0 Å². The van der Waals surface area contributed by atoms with Gasteiger partial charge in [0, 0.05) is 49.8 Å². The summed E-state index contributed by atoms with van der Waals surface area (Å²) in [5.74, 6) is 3.33. The van der Waals surface area contributed by atoms with E-state index in [0.29, 0.717) is 12.0 Å². The molecule has 0 saturated carbocycles. The van der Waals surface area contributed by atoms with Crippen LogP contribution in [-0.2, 0) is 11.8 Å². The van der Waals surface area contributed by atoms with Gasteiger partial charge in [0.15, 0.2) is 23.0 Å². The number of rotatable bonds is 7. The SMILES string of the molecule is CCC1=NC2=CCC3CC(CCCSc4nnc(-c5cccnc5)n4C)NCC=C3C2O1. The number of aliphatic imine (C=N–C) groups is 1. The van der Waals surface area contributed by atoms with Gasteiger partial charge in [-0.3, -0.25) is 4.98 Å². The Kier molecular flexibility index (Phi) is 6.41. The maximum absolute atomic E-state index is 6.13. The summed E-state index contributed by atoms with van der Waals surface area (Å²) in [6.45, 7) is 3.02. The summed E-state index contributed by atoms with van der Waals surface area (Å²) in [5, 5.41) is 13.4. The van der Waals surface area contributed by atoms with Crippen LogP contribution < -0.4 is 5.32 Å². The van der Waals surface area contributed by atoms with E-state index in [4.69, 9.17) is 4.74 Å². The molecule has 0 fully saturated rings. The van der Waals surface area contributed by atoms with E-state index in [0.717, 1.165) is 72.5 Å². The van der Waals surface area contributed by atoms with Gasteiger partial charge in [0.25, 0.3) is 0 Å². The van der Waals surface area contributed by atoms with Gasteiger partial charge in [0.05, 0.1) is 5.70 Å². The molecule has 1 aliphatic carbocycles. The monoisotopic (exact) mass is 450 g/mol. The number of hydrogen-bond donors (Lipinski definition) is 1. The molecule has 1 N–H and O–H groups in total. The van der Waals surface area contributed by atoms with E-state index in [2.05, 4.69) is 49.1 Å². The van der Waals surface area contributed by atoms with Crippen molar-refractivity contribution in [1.82, 2.24) is 25.1 Å². The highest BCUT2D eigenvalue weighted by Crippen LogP contribution is 2.39. The van der Waals surface area contributed by atoms with Crippen LogP contribution in [-0.4, -0.2) is 50.1 Å². The van der Waals surface area contributed by atoms with Gasteiger partial charge < -0.3 is 14.6 Å². The van der Waals surface area contributed by atoms with Gasteiger partial charge in [0.1, 0.15) is 0 Å². The molecule has 8 heteroatoms. The quantitative estimate of drug-likeness (QED) is 0.388. The van der Waals surface area contributed by atoms with Crippen LogP contribution in [0.25, 0.3) is 11.4 Å². The van der Waals surface area contributed by atoms with Gasteiger partial charge in [0.2, 0.25) is 0 Å². The first-order chi connectivity index (χ1) is 15.7. The Morgan fingerprint density at radius 3 is 3.06 bits per heavy atom. The Morgan fingerprint density at radius 2 is 2.22 bits per heavy atom. The summed E-state index contributed by atoms with van der Waals surface area (Å²) in [7, 11) is 2.02. The molecular weight excluding hydrogens is 420 g/mol. The molecule has 0 aromatic carbocycles. The fourth-order valence-electron chi connectivity index (χ4n) is 4.77. The van der Waals surface area contributed by atoms with Crippen LogP contribution >= 0.6 is 11.8 Å². The Morgan fingerprint density at radius 1 is 1.28 bits per heavy atom. The number of thioether (sulfide) groups is 1. The van der Waals surface area contributed by atoms with E-state index in [1.807, 2.05) is 25.4 Å². The minimum atomic E-state index is 0.0599. The van der Waals surface area contributed by atoms with E-state index in [1.54, 1.807) is 18.0 Å². The van der Waals surface area contributed by atoms with E-state index in [1.165, 1.54) is 5.57 Å². The van der Waals surface area contributed by atoms with Crippen LogP contribution in [0.2, 0.25) is 0 Å². The van der Waals surface area contributed by atoms with Crippen LogP contribution in [0.3, 0.4) is 0 Å². The maximum atomic E-state index is 6.13. The predicted octanol–water partition coefficient (Wildman–Crippen LogP) is 4.15. The van der Waals surface area contributed by atoms with Crippen molar-refractivity contribution in [3.05, 3.63) is 47.9 Å². The number of ether oxygens (including phenoxy) is 1. The van der Waals surface area contributed by atoms with Crippen LogP contribution in [0, 0.1) is 5.92 Å². The first kappa shape index (κ1) is 21.4. The lowest BCUT2D eigenvalue weighted by molar-refractivity contribution is 0.245. The highest BCUT2D eigenvalue weighted by Gasteiger charge is 2.37. The first-order valence-electron chi connectivity index (χ1n) is 11.5. The number of nitrogens with one attached hydrogen (secondary N) is 1. The maximum Gasteiger partial charge on any atom is 0.191 e. The Labute approximate surface area is 193 Å². The molecule has 32 heavy (non-hydrogen) atoms. The summed E-state index contributed by atoms with van der Waals surface area (Å²) >= 11 is 1.78. The standard InChI is InChI=1S/C24H30N6OS/c1-3-21-27-20-9-8-16-14-18(26-12-10-19(16)22(20)31-21)7-5-13-32-24-29-28-23(30(24)2)17-6-4-11-25-15-17/h4,6,9-11,15-16,18,22,26H,3,5,7-8,12-14H2,1-2H3. The Bertz CT molecular complexity index is 1040. The molecule has 4 heterocycles. The summed E-state index contributed by atoms with van der Waals surface area (Å²) in [6.07, 6.45) is 13.7. The second kappa shape index (κ2) is 9.58. The zero-order valence-electron chi connectivity index (χ0n) is 18.7. The minimum absolute atomic E-state index is 0.0599. The van der Waals surface area contributed by atoms with E-state index >= 15 is 0 Å². The molecule has 0 saturated heterocycles. The third-order valence-corrected chi connectivity index (χ3v) is 7.57. The van der Waals surface area contributed by atoms with Crippen LogP contribution in [0.1, 0.15) is 39.0 Å². The fourth-order valence-corrected chi connectivity index (χ4v) is 5.64. The molecule has 2 aromatic heterocycles. The van der Waals surface area contributed by atoms with Crippen molar-refractivity contribution in [1.29, 1.82) is 0 Å². The molecule has 0 bridgehead atoms. The Hall–Kier alpha value is -2.45. The summed E-state index contributed by atoms with van der Waals surface area (Å²) < 4.78 is 8.19. The lowest BCUT2D eigenvalue weighted by Gasteiger charge is -2.29. The van der Waals surface area contributed by atoms with Crippen molar-refractivity contribution in [2.24, 2.45) is 18.0 Å². The van der Waals surface area contributed by atoms with Crippen molar-refractivity contribution < 1.29 is 4.74 Å². The molecular formula is C24H30N6OS. The number of pyridine rings is 1. The van der Waals surface area contributed by atoms with Gasteiger partial charge in [-0.05, 0) is 49.3 Å². The number of allylic oxidation sites excluding steroid dienone is 1. The second-order valence-electron chi connectivity index (χ2n) is 8.56. The molecule has 168 valence electrons. The second-order valence-corrected chi connectivity index (χ2v) is 9.62. The van der Waals surface area contributed by atoms with Gasteiger partial charge >= 0.3 is 0 Å². The van der Waals surface area contributed by atoms with Crippen molar-refractivity contribution in [3.8, 4) is 11.4 Å². The Balaban J connectivity index is 1.12. The molecule has 2 aliphatic heterocycles. The molecule has 7 nitrogen and oxygen atoms in total. The smallest absolute Gasteiger partial charge is 0.191 e. The zero-order valence-corrected chi connectivity index (χ0v) is 19.5. The topological polar surface area (TPSA) is 77.2 Å². The largest absolute Gasteiger partial charge is 0.467 e. The van der Waals surface area contributed by atoms with Crippen LogP contribution in [0.15, 0.2) is 58.1 Å². The normalized spacial score (nSPS) is 24.6. The third kappa shape index (κ3) is 4.38. The molecule has 5 rings (SSSR count). The van der Waals surface area contributed by atoms with Crippen molar-refractivity contribution in [2.45, 2.75) is 56.3 Å². The van der Waals surface area contributed by atoms with Crippen molar-refractivity contribution in [3.63, 3.8) is 0 Å². The number of hydrogen-bond acceptors (Lipinski definition) is 7. The van der Waals surface area contributed by atoms with Crippen molar-refractivity contribution >= 4 is 17.7 Å². The molecule has 3 aliphatic rings. The van der Waals surface area contributed by atoms with E-state index < -0.39 is 0 Å². The zero-order chi connectivity index (χ0) is 21.9. The molecule has 0 radical (unpaired) electrons. The van der Waals surface area contributed by atoms with Gasteiger partial charge in [-0.25, -0.2) is 4.99 Å². The highest BCUT2D eigenvalue weighted by atomic mass is 32.2. The molecule has 3 unspecified atom stereocenters. The van der Waals surface area contributed by atoms with Gasteiger partial charge in [-0.15, -0.1) is 10.2 Å². The summed E-state index contributed by atoms with van der Waals surface area (Å²) in [5.41, 5.74) is 3.54. The number of aromatic nitrogens is 4. The summed E-state index contributed by atoms with van der Waals surface area (Å²) in [6, 6.07) is 4.47. The van der Waals surface area contributed by atoms with Gasteiger partial charge in [-0.2, -0.15) is 0 Å².